The molecule has 1 heterocycles. The Bertz CT molecular complexity index is 198. The first-order valence-corrected chi connectivity index (χ1v) is 5.31. The Morgan fingerprint density at radius 1 is 1.14 bits per heavy atom. The first-order chi connectivity index (χ1) is 6.80. The lowest BCUT2D eigenvalue weighted by atomic mass is 10.2. The number of nitrogens with zero attached hydrogens (tertiary/aromatic N) is 1. The second-order valence-corrected chi connectivity index (χ2v) is 3.15. The quantitative estimate of drug-likeness (QED) is 0.609. The Morgan fingerprint density at radius 2 is 1.64 bits per heavy atom. The van der Waals surface area contributed by atoms with Gasteiger partial charge in [0.15, 0.2) is 0 Å². The van der Waals surface area contributed by atoms with Gasteiger partial charge < -0.3 is 0 Å². The van der Waals surface area contributed by atoms with Gasteiger partial charge in [0.1, 0.15) is 0 Å². The second-order valence-electron chi connectivity index (χ2n) is 3.15. The molecule has 1 aromatic rings. The monoisotopic (exact) mass is 191 g/mol. The smallest absolute Gasteiger partial charge is 0.0267 e. The summed E-state index contributed by atoms with van der Waals surface area (Å²) >= 11 is 0. The molecule has 0 aliphatic heterocycles. The predicted octanol–water partition coefficient (Wildman–Crippen LogP) is 4.08. The fraction of sp³-hybridized carbons (Fsp3) is 0.462. The van der Waals surface area contributed by atoms with Gasteiger partial charge in [0.2, 0.25) is 0 Å². The highest BCUT2D eigenvalue weighted by atomic mass is 14.6. The standard InChI is InChI=1S/C6H10.C5H5N.C2H6/c1-5(2)6-3-4-6;1-2-4-6-5-3-1;1-2/h6H,1,3-4H2,2H3;1-5H;1-2H3. The van der Waals surface area contributed by atoms with Gasteiger partial charge in [-0.2, -0.15) is 0 Å². The maximum Gasteiger partial charge on any atom is 0.0267 e. The van der Waals surface area contributed by atoms with Crippen LogP contribution in [0.25, 0.3) is 0 Å². The molecule has 1 fully saturated rings. The van der Waals surface area contributed by atoms with Gasteiger partial charge in [-0.15, -0.1) is 0 Å². The normalized spacial score (nSPS) is 12.8. The van der Waals surface area contributed by atoms with Gasteiger partial charge >= 0.3 is 0 Å². The molecule has 0 N–H and O–H groups in total. The van der Waals surface area contributed by atoms with E-state index >= 15 is 0 Å². The van der Waals surface area contributed by atoms with Crippen molar-refractivity contribution in [2.24, 2.45) is 5.92 Å². The van der Waals surface area contributed by atoms with E-state index in [1.54, 1.807) is 12.4 Å². The summed E-state index contributed by atoms with van der Waals surface area (Å²) in [5.41, 5.74) is 1.37. The molecule has 78 valence electrons. The molecule has 0 atom stereocenters. The zero-order valence-corrected chi connectivity index (χ0v) is 9.53. The van der Waals surface area contributed by atoms with E-state index in [9.17, 15) is 0 Å². The van der Waals surface area contributed by atoms with Crippen LogP contribution in [0.5, 0.6) is 0 Å². The van der Waals surface area contributed by atoms with Crippen LogP contribution in [0.4, 0.5) is 0 Å². The van der Waals surface area contributed by atoms with Crippen molar-refractivity contribution in [1.82, 2.24) is 4.98 Å². The lowest BCUT2D eigenvalue weighted by molar-refractivity contribution is 1.02. The lowest BCUT2D eigenvalue weighted by Gasteiger charge is -1.83. The first-order valence-electron chi connectivity index (χ1n) is 5.31. The van der Waals surface area contributed by atoms with Crippen molar-refractivity contribution in [3.8, 4) is 0 Å². The van der Waals surface area contributed by atoms with Gasteiger partial charge in [-0.3, -0.25) is 4.98 Å². The molecular formula is C13H21N. The number of pyridine rings is 1. The Balaban J connectivity index is 0.000000206. The number of aromatic nitrogens is 1. The summed E-state index contributed by atoms with van der Waals surface area (Å²) in [7, 11) is 0. The summed E-state index contributed by atoms with van der Waals surface area (Å²) in [5.74, 6) is 0.907. The number of rotatable bonds is 1. The van der Waals surface area contributed by atoms with Crippen molar-refractivity contribution < 1.29 is 0 Å². The zero-order valence-electron chi connectivity index (χ0n) is 9.53. The summed E-state index contributed by atoms with van der Waals surface area (Å²) in [6.07, 6.45) is 6.30. The highest BCUT2D eigenvalue weighted by Crippen LogP contribution is 2.34. The average molecular weight is 191 g/mol. The first kappa shape index (κ1) is 12.9. The minimum absolute atomic E-state index is 0.907. The summed E-state index contributed by atoms with van der Waals surface area (Å²) in [6, 6.07) is 5.72. The van der Waals surface area contributed by atoms with Crippen LogP contribution in [0.15, 0.2) is 42.7 Å². The van der Waals surface area contributed by atoms with Crippen LogP contribution < -0.4 is 0 Å². The van der Waals surface area contributed by atoms with Crippen molar-refractivity contribution in [3.05, 3.63) is 42.7 Å². The predicted molar refractivity (Wildman–Crippen MR) is 63.1 cm³/mol. The summed E-state index contributed by atoms with van der Waals surface area (Å²) in [6.45, 7) is 9.93. The third-order valence-electron chi connectivity index (χ3n) is 1.84. The third-order valence-corrected chi connectivity index (χ3v) is 1.84. The molecule has 14 heavy (non-hydrogen) atoms. The van der Waals surface area contributed by atoms with Crippen LogP contribution in [0.3, 0.4) is 0 Å². The van der Waals surface area contributed by atoms with E-state index in [0.29, 0.717) is 0 Å². The van der Waals surface area contributed by atoms with E-state index in [1.807, 2.05) is 32.0 Å². The largest absolute Gasteiger partial charge is 0.265 e. The minimum atomic E-state index is 0.907. The molecule has 2 rings (SSSR count). The van der Waals surface area contributed by atoms with E-state index in [-0.39, 0.29) is 0 Å². The zero-order chi connectivity index (χ0) is 10.8. The number of hydrogen-bond acceptors (Lipinski definition) is 1. The Hall–Kier alpha value is -1.11. The van der Waals surface area contributed by atoms with Gasteiger partial charge in [-0.05, 0) is 37.8 Å². The summed E-state index contributed by atoms with van der Waals surface area (Å²) < 4.78 is 0. The molecule has 0 saturated heterocycles. The Labute approximate surface area is 87.9 Å². The van der Waals surface area contributed by atoms with Crippen LogP contribution in [0, 0.1) is 5.92 Å². The molecule has 1 aliphatic rings. The minimum Gasteiger partial charge on any atom is -0.265 e. The summed E-state index contributed by atoms with van der Waals surface area (Å²) in [4.78, 5) is 3.78. The maximum absolute atomic E-state index is 3.82. The molecule has 0 radical (unpaired) electrons. The molecule has 1 nitrogen and oxygen atoms in total. The van der Waals surface area contributed by atoms with E-state index in [1.165, 1.54) is 18.4 Å². The van der Waals surface area contributed by atoms with Crippen molar-refractivity contribution in [2.45, 2.75) is 33.6 Å². The van der Waals surface area contributed by atoms with E-state index < -0.39 is 0 Å². The van der Waals surface area contributed by atoms with Gasteiger partial charge in [0.25, 0.3) is 0 Å². The van der Waals surface area contributed by atoms with Crippen molar-refractivity contribution in [1.29, 1.82) is 0 Å². The molecule has 0 spiro atoms. The van der Waals surface area contributed by atoms with Gasteiger partial charge in [0, 0.05) is 12.4 Å². The van der Waals surface area contributed by atoms with Gasteiger partial charge in [-0.1, -0.05) is 32.1 Å². The number of hydrogen-bond donors (Lipinski definition) is 0. The van der Waals surface area contributed by atoms with Crippen LogP contribution >= 0.6 is 0 Å². The third kappa shape index (κ3) is 7.53. The van der Waals surface area contributed by atoms with Gasteiger partial charge in [0.05, 0.1) is 0 Å². The van der Waals surface area contributed by atoms with Crippen LogP contribution in [0.1, 0.15) is 33.6 Å². The Morgan fingerprint density at radius 3 is 1.71 bits per heavy atom. The molecule has 1 saturated carbocycles. The van der Waals surface area contributed by atoms with E-state index in [0.717, 1.165) is 5.92 Å². The highest BCUT2D eigenvalue weighted by Gasteiger charge is 2.20. The fourth-order valence-electron chi connectivity index (χ4n) is 0.889. The van der Waals surface area contributed by atoms with Crippen molar-refractivity contribution >= 4 is 0 Å². The topological polar surface area (TPSA) is 12.9 Å². The molecular weight excluding hydrogens is 170 g/mol. The molecule has 0 amide bonds. The molecule has 1 heteroatoms. The maximum atomic E-state index is 3.82. The molecule has 0 unspecified atom stereocenters. The van der Waals surface area contributed by atoms with Crippen LogP contribution in [-0.4, -0.2) is 4.98 Å². The number of allylic oxidation sites excluding steroid dienone is 1. The molecule has 1 aromatic heterocycles. The molecule has 0 aromatic carbocycles. The molecule has 1 aliphatic carbocycles. The van der Waals surface area contributed by atoms with Crippen molar-refractivity contribution in [3.63, 3.8) is 0 Å². The average Bonchev–Trinajstić information content (AvgIpc) is 3.08. The highest BCUT2D eigenvalue weighted by molar-refractivity contribution is 5.03. The van der Waals surface area contributed by atoms with Crippen molar-refractivity contribution in [2.75, 3.05) is 0 Å². The van der Waals surface area contributed by atoms with Gasteiger partial charge in [-0.25, -0.2) is 0 Å². The lowest BCUT2D eigenvalue weighted by Crippen LogP contribution is -1.68. The summed E-state index contributed by atoms with van der Waals surface area (Å²) in [5, 5.41) is 0. The van der Waals surface area contributed by atoms with E-state index in [4.69, 9.17) is 0 Å². The Kier molecular flexibility index (Phi) is 7.81. The van der Waals surface area contributed by atoms with E-state index in [2.05, 4.69) is 18.5 Å². The second kappa shape index (κ2) is 8.49. The van der Waals surface area contributed by atoms with Crippen LogP contribution in [0.2, 0.25) is 0 Å². The van der Waals surface area contributed by atoms with Crippen LogP contribution in [-0.2, 0) is 0 Å². The SMILES string of the molecule is C=C(C)C1CC1.CC.c1ccncc1. The molecule has 0 bridgehead atoms. The fourth-order valence-corrected chi connectivity index (χ4v) is 0.889.